The third-order valence-electron chi connectivity index (χ3n) is 2.09. The fraction of sp³-hybridized carbons (Fsp3) is 0.400. The Morgan fingerprint density at radius 1 is 1.50 bits per heavy atom. The number of morpholine rings is 1. The summed E-state index contributed by atoms with van der Waals surface area (Å²) in [4.78, 5) is 0. The number of anilines is 1. The molecule has 0 radical (unpaired) electrons. The summed E-state index contributed by atoms with van der Waals surface area (Å²) >= 11 is 0. The lowest BCUT2D eigenvalue weighted by atomic mass is 10.3. The van der Waals surface area contributed by atoms with Crippen LogP contribution < -0.4 is 10.6 Å². The summed E-state index contributed by atoms with van der Waals surface area (Å²) in [5.74, 6) is -0.230. The summed E-state index contributed by atoms with van der Waals surface area (Å²) in [6.07, 6.45) is 0.0746. The van der Waals surface area contributed by atoms with Gasteiger partial charge in [0.25, 0.3) is 0 Å². The van der Waals surface area contributed by atoms with Crippen LogP contribution in [-0.4, -0.2) is 25.9 Å². The van der Waals surface area contributed by atoms with E-state index in [4.69, 9.17) is 4.74 Å². The lowest BCUT2D eigenvalue weighted by Crippen LogP contribution is -2.46. The van der Waals surface area contributed by atoms with E-state index in [-0.39, 0.29) is 12.0 Å². The molecule has 14 heavy (non-hydrogen) atoms. The number of nitrogens with one attached hydrogen (secondary N) is 2. The average molecular weight is 196 g/mol. The SMILES string of the molecule is Fc1cccc(NC2COCCN2)c1. The van der Waals surface area contributed by atoms with E-state index in [0.29, 0.717) is 6.61 Å². The standard InChI is InChI=1S/C10H13FN2O/c11-8-2-1-3-9(6-8)13-10-7-14-5-4-12-10/h1-3,6,10,12-13H,4-5,7H2. The third-order valence-corrected chi connectivity index (χ3v) is 2.09. The Balaban J connectivity index is 1.95. The summed E-state index contributed by atoms with van der Waals surface area (Å²) < 4.78 is 18.1. The van der Waals surface area contributed by atoms with Crippen LogP contribution in [0.25, 0.3) is 0 Å². The minimum absolute atomic E-state index is 0.0746. The fourth-order valence-corrected chi connectivity index (χ4v) is 1.44. The largest absolute Gasteiger partial charge is 0.377 e. The molecule has 0 amide bonds. The summed E-state index contributed by atoms with van der Waals surface area (Å²) in [5, 5.41) is 6.37. The molecule has 0 bridgehead atoms. The number of rotatable bonds is 2. The van der Waals surface area contributed by atoms with Crippen molar-refractivity contribution in [3.8, 4) is 0 Å². The predicted molar refractivity (Wildman–Crippen MR) is 52.6 cm³/mol. The van der Waals surface area contributed by atoms with Crippen LogP contribution in [0, 0.1) is 5.82 Å². The van der Waals surface area contributed by atoms with Crippen molar-refractivity contribution in [1.82, 2.24) is 5.32 Å². The molecule has 3 nitrogen and oxygen atoms in total. The summed E-state index contributed by atoms with van der Waals surface area (Å²) in [6.45, 7) is 2.17. The van der Waals surface area contributed by atoms with Gasteiger partial charge >= 0.3 is 0 Å². The molecule has 1 aromatic carbocycles. The van der Waals surface area contributed by atoms with Crippen LogP contribution in [0.4, 0.5) is 10.1 Å². The van der Waals surface area contributed by atoms with E-state index in [1.807, 2.05) is 6.07 Å². The second-order valence-corrected chi connectivity index (χ2v) is 3.24. The van der Waals surface area contributed by atoms with Crippen LogP contribution in [0.15, 0.2) is 24.3 Å². The average Bonchev–Trinajstić information content (AvgIpc) is 2.19. The van der Waals surface area contributed by atoms with Crippen molar-refractivity contribution in [3.05, 3.63) is 30.1 Å². The first kappa shape index (κ1) is 9.43. The number of ether oxygens (including phenoxy) is 1. The van der Waals surface area contributed by atoms with Crippen molar-refractivity contribution in [2.45, 2.75) is 6.17 Å². The van der Waals surface area contributed by atoms with Crippen molar-refractivity contribution in [1.29, 1.82) is 0 Å². The molecule has 4 heteroatoms. The molecule has 1 aromatic rings. The van der Waals surface area contributed by atoms with Crippen molar-refractivity contribution < 1.29 is 9.13 Å². The Morgan fingerprint density at radius 2 is 2.43 bits per heavy atom. The molecule has 1 atom stereocenters. The van der Waals surface area contributed by atoms with E-state index in [1.54, 1.807) is 6.07 Å². The Kier molecular flexibility index (Phi) is 2.96. The van der Waals surface area contributed by atoms with Crippen LogP contribution in [0.1, 0.15) is 0 Å². The molecule has 1 saturated heterocycles. The first-order chi connectivity index (χ1) is 6.84. The molecule has 0 saturated carbocycles. The molecule has 2 rings (SSSR count). The van der Waals surface area contributed by atoms with Crippen LogP contribution in [-0.2, 0) is 4.74 Å². The smallest absolute Gasteiger partial charge is 0.125 e. The van der Waals surface area contributed by atoms with Gasteiger partial charge in [0.2, 0.25) is 0 Å². The highest BCUT2D eigenvalue weighted by Gasteiger charge is 2.11. The number of hydrogen-bond acceptors (Lipinski definition) is 3. The van der Waals surface area contributed by atoms with E-state index in [9.17, 15) is 4.39 Å². The molecule has 0 aliphatic carbocycles. The lowest BCUT2D eigenvalue weighted by molar-refractivity contribution is 0.0849. The zero-order valence-electron chi connectivity index (χ0n) is 7.79. The molecule has 1 aliphatic rings. The normalized spacial score (nSPS) is 21.9. The Hall–Kier alpha value is -1.13. The van der Waals surface area contributed by atoms with Crippen LogP contribution >= 0.6 is 0 Å². The van der Waals surface area contributed by atoms with Crippen LogP contribution in [0.3, 0.4) is 0 Å². The van der Waals surface area contributed by atoms with Crippen molar-refractivity contribution in [3.63, 3.8) is 0 Å². The fourth-order valence-electron chi connectivity index (χ4n) is 1.44. The van der Waals surface area contributed by atoms with Gasteiger partial charge in [0, 0.05) is 12.2 Å². The van der Waals surface area contributed by atoms with Gasteiger partial charge in [-0.05, 0) is 18.2 Å². The molecule has 0 spiro atoms. The minimum atomic E-state index is -0.230. The molecule has 1 aliphatic heterocycles. The highest BCUT2D eigenvalue weighted by atomic mass is 19.1. The number of halogens is 1. The van der Waals surface area contributed by atoms with Gasteiger partial charge in [-0.1, -0.05) is 6.07 Å². The van der Waals surface area contributed by atoms with E-state index < -0.39 is 0 Å². The highest BCUT2D eigenvalue weighted by molar-refractivity contribution is 5.43. The summed E-state index contributed by atoms with van der Waals surface area (Å²) in [5.41, 5.74) is 0.771. The highest BCUT2D eigenvalue weighted by Crippen LogP contribution is 2.10. The minimum Gasteiger partial charge on any atom is -0.377 e. The van der Waals surface area contributed by atoms with Crippen molar-refractivity contribution in [2.24, 2.45) is 0 Å². The molecule has 1 unspecified atom stereocenters. The molecular weight excluding hydrogens is 183 g/mol. The maximum Gasteiger partial charge on any atom is 0.125 e. The molecular formula is C10H13FN2O. The lowest BCUT2D eigenvalue weighted by Gasteiger charge is -2.25. The van der Waals surface area contributed by atoms with Crippen LogP contribution in [0.5, 0.6) is 0 Å². The van der Waals surface area contributed by atoms with Crippen LogP contribution in [0.2, 0.25) is 0 Å². The predicted octanol–water partition coefficient (Wildman–Crippen LogP) is 1.18. The Bertz CT molecular complexity index is 300. The first-order valence-electron chi connectivity index (χ1n) is 4.68. The zero-order valence-corrected chi connectivity index (χ0v) is 7.79. The van der Waals surface area contributed by atoms with E-state index in [1.165, 1.54) is 12.1 Å². The van der Waals surface area contributed by atoms with E-state index in [2.05, 4.69) is 10.6 Å². The zero-order chi connectivity index (χ0) is 9.80. The maximum absolute atomic E-state index is 12.8. The van der Waals surface area contributed by atoms with E-state index >= 15 is 0 Å². The first-order valence-corrected chi connectivity index (χ1v) is 4.68. The molecule has 1 fully saturated rings. The summed E-state index contributed by atoms with van der Waals surface area (Å²) in [6, 6.07) is 6.41. The second kappa shape index (κ2) is 4.39. The number of benzene rings is 1. The molecule has 1 heterocycles. The molecule has 2 N–H and O–H groups in total. The van der Waals surface area contributed by atoms with Gasteiger partial charge in [-0.3, -0.25) is 5.32 Å². The van der Waals surface area contributed by atoms with Gasteiger partial charge in [0.05, 0.1) is 13.2 Å². The van der Waals surface area contributed by atoms with Gasteiger partial charge in [-0.25, -0.2) is 4.39 Å². The topological polar surface area (TPSA) is 33.3 Å². The van der Waals surface area contributed by atoms with Crippen molar-refractivity contribution >= 4 is 5.69 Å². The summed E-state index contributed by atoms with van der Waals surface area (Å²) in [7, 11) is 0. The molecule has 0 aromatic heterocycles. The molecule has 76 valence electrons. The second-order valence-electron chi connectivity index (χ2n) is 3.24. The van der Waals surface area contributed by atoms with Gasteiger partial charge in [-0.2, -0.15) is 0 Å². The van der Waals surface area contributed by atoms with Gasteiger partial charge < -0.3 is 10.1 Å². The quantitative estimate of drug-likeness (QED) is 0.745. The van der Waals surface area contributed by atoms with Gasteiger partial charge in [-0.15, -0.1) is 0 Å². The number of hydrogen-bond donors (Lipinski definition) is 2. The third kappa shape index (κ3) is 2.43. The van der Waals surface area contributed by atoms with Gasteiger partial charge in [0.1, 0.15) is 12.0 Å². The van der Waals surface area contributed by atoms with E-state index in [0.717, 1.165) is 18.8 Å². The monoisotopic (exact) mass is 196 g/mol. The Morgan fingerprint density at radius 3 is 3.14 bits per heavy atom. The maximum atomic E-state index is 12.8. The van der Waals surface area contributed by atoms with Crippen molar-refractivity contribution in [2.75, 3.05) is 25.1 Å². The van der Waals surface area contributed by atoms with Gasteiger partial charge in [0.15, 0.2) is 0 Å². The Labute approximate surface area is 82.3 Å².